The van der Waals surface area contributed by atoms with E-state index in [9.17, 15) is 0 Å². The molecule has 1 heteroatoms. The normalized spacial score (nSPS) is 41.5. The summed E-state index contributed by atoms with van der Waals surface area (Å²) < 4.78 is 0. The Labute approximate surface area is 156 Å². The summed E-state index contributed by atoms with van der Waals surface area (Å²) in [5.74, 6) is 4.46. The van der Waals surface area contributed by atoms with Gasteiger partial charge in [0.1, 0.15) is 0 Å². The summed E-state index contributed by atoms with van der Waals surface area (Å²) in [6.45, 7) is 14.9. The predicted molar refractivity (Wildman–Crippen MR) is 111 cm³/mol. The van der Waals surface area contributed by atoms with Crippen molar-refractivity contribution in [2.45, 2.75) is 86.0 Å². The van der Waals surface area contributed by atoms with Gasteiger partial charge in [0.2, 0.25) is 0 Å². The van der Waals surface area contributed by atoms with Crippen LogP contribution in [-0.4, -0.2) is 6.72 Å². The quantitative estimate of drug-likeness (QED) is 0.504. The number of fused-ring (bicyclic) bond motifs is 1. The Morgan fingerprint density at radius 1 is 1.04 bits per heavy atom. The maximum atomic E-state index is 5.50. The molecule has 0 aromatic rings. The number of allylic oxidation sites excluding steroid dienone is 4. The molecule has 1 nitrogen and oxygen atoms in total. The van der Waals surface area contributed by atoms with Crippen LogP contribution in [0.25, 0.3) is 0 Å². The van der Waals surface area contributed by atoms with E-state index in [1.807, 2.05) is 0 Å². The average Bonchev–Trinajstić information content (AvgIpc) is 2.95. The molecule has 3 rings (SSSR count). The van der Waals surface area contributed by atoms with Gasteiger partial charge in [0, 0.05) is 0 Å². The number of hydrogen-bond acceptors (Lipinski definition) is 1. The van der Waals surface area contributed by atoms with E-state index in [1.54, 1.807) is 11.1 Å². The van der Waals surface area contributed by atoms with Crippen LogP contribution in [0.2, 0.25) is 0 Å². The van der Waals surface area contributed by atoms with E-state index in [4.69, 9.17) is 5.41 Å². The summed E-state index contributed by atoms with van der Waals surface area (Å²) in [6.07, 6.45) is 16.3. The van der Waals surface area contributed by atoms with Gasteiger partial charge in [0.05, 0.1) is 0 Å². The second-order valence-corrected chi connectivity index (χ2v) is 9.60. The van der Waals surface area contributed by atoms with Crippen molar-refractivity contribution in [1.82, 2.24) is 0 Å². The lowest BCUT2D eigenvalue weighted by Crippen LogP contribution is -2.35. The van der Waals surface area contributed by atoms with Crippen molar-refractivity contribution in [1.29, 1.82) is 5.41 Å². The minimum atomic E-state index is 0.588. The van der Waals surface area contributed by atoms with Crippen LogP contribution in [0.4, 0.5) is 0 Å². The van der Waals surface area contributed by atoms with Crippen LogP contribution in [0.3, 0.4) is 0 Å². The monoisotopic (exact) mass is 343 g/mol. The highest BCUT2D eigenvalue weighted by Gasteiger charge is 2.49. The molecule has 142 valence electrons. The molecule has 0 radical (unpaired) electrons. The minimum absolute atomic E-state index is 0.588. The molecule has 0 saturated heterocycles. The van der Waals surface area contributed by atoms with Crippen molar-refractivity contribution in [3.05, 3.63) is 23.3 Å². The van der Waals surface area contributed by atoms with Gasteiger partial charge in [-0.2, -0.15) is 0 Å². The van der Waals surface area contributed by atoms with Crippen LogP contribution >= 0.6 is 0 Å². The summed E-state index contributed by atoms with van der Waals surface area (Å²) in [4.78, 5) is 0. The van der Waals surface area contributed by atoms with Crippen molar-refractivity contribution in [2.24, 2.45) is 35.0 Å². The van der Waals surface area contributed by atoms with E-state index >= 15 is 0 Å². The van der Waals surface area contributed by atoms with Crippen molar-refractivity contribution in [3.8, 4) is 0 Å². The summed E-state index contributed by atoms with van der Waals surface area (Å²) in [5.41, 5.74) is 4.10. The Morgan fingerprint density at radius 3 is 2.40 bits per heavy atom. The summed E-state index contributed by atoms with van der Waals surface area (Å²) >= 11 is 0. The molecule has 0 bridgehead atoms. The topological polar surface area (TPSA) is 23.9 Å². The molecule has 3 saturated carbocycles. The first kappa shape index (κ1) is 20.5. The van der Waals surface area contributed by atoms with Crippen LogP contribution in [0, 0.1) is 40.4 Å². The summed E-state index contributed by atoms with van der Waals surface area (Å²) in [5, 5.41) is 5.50. The zero-order valence-corrected chi connectivity index (χ0v) is 17.4. The molecule has 0 heterocycles. The van der Waals surface area contributed by atoms with E-state index in [-0.39, 0.29) is 0 Å². The Kier molecular flexibility index (Phi) is 7.11. The third kappa shape index (κ3) is 4.29. The molecule has 3 aliphatic rings. The van der Waals surface area contributed by atoms with E-state index in [0.717, 1.165) is 29.6 Å². The lowest BCUT2D eigenvalue weighted by atomic mass is 9.61. The van der Waals surface area contributed by atoms with Crippen molar-refractivity contribution in [3.63, 3.8) is 0 Å². The lowest BCUT2D eigenvalue weighted by Gasteiger charge is -2.43. The van der Waals surface area contributed by atoms with Gasteiger partial charge in [0.25, 0.3) is 0 Å². The molecule has 3 fully saturated rings. The van der Waals surface area contributed by atoms with Crippen molar-refractivity contribution in [2.75, 3.05) is 0 Å². The van der Waals surface area contributed by atoms with Gasteiger partial charge in [0.15, 0.2) is 0 Å². The van der Waals surface area contributed by atoms with Gasteiger partial charge in [-0.25, -0.2) is 0 Å². The van der Waals surface area contributed by atoms with Crippen LogP contribution in [0.1, 0.15) is 86.0 Å². The van der Waals surface area contributed by atoms with E-state index in [2.05, 4.69) is 53.5 Å². The highest BCUT2D eigenvalue weighted by atomic mass is 14.5. The fourth-order valence-electron chi connectivity index (χ4n) is 6.17. The smallest absolute Gasteiger partial charge is 0.0143 e. The second kappa shape index (κ2) is 8.69. The van der Waals surface area contributed by atoms with Gasteiger partial charge in [-0.15, -0.1) is 0 Å². The number of rotatable bonds is 2. The van der Waals surface area contributed by atoms with Crippen LogP contribution in [0.5, 0.6) is 0 Å². The third-order valence-electron chi connectivity index (χ3n) is 7.85. The van der Waals surface area contributed by atoms with Gasteiger partial charge in [-0.3, -0.25) is 0 Å². The van der Waals surface area contributed by atoms with Crippen molar-refractivity contribution < 1.29 is 0 Å². The first-order valence-electron chi connectivity index (χ1n) is 10.7. The maximum absolute atomic E-state index is 5.50. The van der Waals surface area contributed by atoms with Crippen LogP contribution < -0.4 is 0 Å². The molecule has 5 unspecified atom stereocenters. The first-order chi connectivity index (χ1) is 11.9. The van der Waals surface area contributed by atoms with Crippen LogP contribution in [-0.2, 0) is 0 Å². The lowest BCUT2D eigenvalue weighted by molar-refractivity contribution is 0.104. The first-order valence-corrected chi connectivity index (χ1v) is 10.7. The predicted octanol–water partition coefficient (Wildman–Crippen LogP) is 7.43. The minimum Gasteiger partial charge on any atom is -0.317 e. The molecule has 0 aromatic heterocycles. The largest absolute Gasteiger partial charge is 0.317 e. The van der Waals surface area contributed by atoms with Gasteiger partial charge in [-0.1, -0.05) is 57.9 Å². The second-order valence-electron chi connectivity index (χ2n) is 9.60. The summed E-state index contributed by atoms with van der Waals surface area (Å²) in [7, 11) is 0. The molecular weight excluding hydrogens is 302 g/mol. The molecule has 3 aliphatic carbocycles. The molecule has 5 atom stereocenters. The van der Waals surface area contributed by atoms with Gasteiger partial charge >= 0.3 is 0 Å². The molecule has 0 aromatic carbocycles. The third-order valence-corrected chi connectivity index (χ3v) is 7.85. The zero-order valence-electron chi connectivity index (χ0n) is 17.4. The van der Waals surface area contributed by atoms with E-state index in [1.165, 1.54) is 51.4 Å². The molecule has 0 spiro atoms. The molecule has 0 aliphatic heterocycles. The standard InChI is InChI=1S/C23H38.CH3N/c1-16(2)21-12-13-22-20(7-6-14-23(21,22)5)11-10-19-9-8-17(3)18(4)15-19;1-2/h10-11,16-18,21-22H,6-9,12-15H2,1-5H3;2H,1H2/b19-10-,20-11+;. The molecule has 25 heavy (non-hydrogen) atoms. The Bertz CT molecular complexity index is 500. The van der Waals surface area contributed by atoms with Gasteiger partial charge < -0.3 is 5.41 Å². The zero-order chi connectivity index (χ0) is 18.6. The average molecular weight is 344 g/mol. The molecule has 0 amide bonds. The Morgan fingerprint density at radius 2 is 1.76 bits per heavy atom. The molecular formula is C24H41N. The van der Waals surface area contributed by atoms with Crippen LogP contribution in [0.15, 0.2) is 23.3 Å². The van der Waals surface area contributed by atoms with Crippen molar-refractivity contribution >= 4 is 6.72 Å². The van der Waals surface area contributed by atoms with E-state index < -0.39 is 0 Å². The fraction of sp³-hybridized carbons (Fsp3) is 0.792. The Hall–Kier alpha value is -0.850. The Balaban J connectivity index is 0.00000109. The van der Waals surface area contributed by atoms with E-state index in [0.29, 0.717) is 5.41 Å². The highest BCUT2D eigenvalue weighted by molar-refractivity contribution is 5.25. The molecule has 1 N–H and O–H groups in total. The fourth-order valence-corrected chi connectivity index (χ4v) is 6.17. The number of nitrogens with one attached hydrogen (secondary N) is 1. The highest BCUT2D eigenvalue weighted by Crippen LogP contribution is 2.59. The summed E-state index contributed by atoms with van der Waals surface area (Å²) in [6, 6.07) is 0. The SMILES string of the molecule is C=N.CC(C)C1CCC2/C(=C/C=C3/CCC(C)C(C)C3)CCCC21C. The van der Waals surface area contributed by atoms with Gasteiger partial charge in [-0.05, 0) is 93.1 Å². The maximum Gasteiger partial charge on any atom is -0.0143 e. The number of hydrogen-bond donors (Lipinski definition) is 1.